The van der Waals surface area contributed by atoms with Crippen molar-refractivity contribution in [2.24, 2.45) is 5.92 Å². The third kappa shape index (κ3) is 2.20. The first-order valence-corrected chi connectivity index (χ1v) is 6.50. The SMILES string of the molecule is CN(c1ccc2c(c1)OCCO2)C1CC(C(=O)O)C1. The quantitative estimate of drug-likeness (QED) is 0.900. The predicted octanol–water partition coefficient (Wildman–Crippen LogP) is 1.76. The van der Waals surface area contributed by atoms with E-state index in [1.54, 1.807) is 0 Å². The second-order valence-electron chi connectivity index (χ2n) is 5.10. The van der Waals surface area contributed by atoms with Crippen molar-refractivity contribution >= 4 is 11.7 Å². The lowest BCUT2D eigenvalue weighted by Crippen LogP contribution is -2.45. The number of carboxylic acids is 1. The number of ether oxygens (including phenoxy) is 2. The van der Waals surface area contributed by atoms with E-state index in [1.165, 1.54) is 0 Å². The van der Waals surface area contributed by atoms with Gasteiger partial charge in [-0.05, 0) is 25.0 Å². The summed E-state index contributed by atoms with van der Waals surface area (Å²) in [6.07, 6.45) is 1.42. The molecule has 0 unspecified atom stereocenters. The standard InChI is InChI=1S/C14H17NO4/c1-15(11-6-9(7-11)14(16)17)10-2-3-12-13(8-10)19-5-4-18-12/h2-3,8-9,11H,4-7H2,1H3,(H,16,17). The number of carboxylic acid groups (broad SMARTS) is 1. The summed E-state index contributed by atoms with van der Waals surface area (Å²) in [7, 11) is 1.99. The van der Waals surface area contributed by atoms with E-state index in [-0.39, 0.29) is 5.92 Å². The van der Waals surface area contributed by atoms with Crippen LogP contribution in [0.25, 0.3) is 0 Å². The maximum atomic E-state index is 10.8. The summed E-state index contributed by atoms with van der Waals surface area (Å²) in [5.41, 5.74) is 1.04. The minimum atomic E-state index is -0.688. The maximum absolute atomic E-state index is 10.8. The maximum Gasteiger partial charge on any atom is 0.306 e. The minimum absolute atomic E-state index is 0.190. The Bertz CT molecular complexity index is 496. The van der Waals surface area contributed by atoms with Gasteiger partial charge in [0.05, 0.1) is 5.92 Å². The highest BCUT2D eigenvalue weighted by Gasteiger charge is 2.37. The Hall–Kier alpha value is -1.91. The van der Waals surface area contributed by atoms with Crippen molar-refractivity contribution in [3.05, 3.63) is 18.2 Å². The smallest absolute Gasteiger partial charge is 0.306 e. The molecule has 102 valence electrons. The van der Waals surface area contributed by atoms with E-state index in [1.807, 2.05) is 25.2 Å². The van der Waals surface area contributed by atoms with Gasteiger partial charge in [0.25, 0.3) is 0 Å². The number of hydrogen-bond acceptors (Lipinski definition) is 4. The Morgan fingerprint density at radius 1 is 1.26 bits per heavy atom. The summed E-state index contributed by atoms with van der Waals surface area (Å²) in [4.78, 5) is 12.9. The van der Waals surface area contributed by atoms with Gasteiger partial charge >= 0.3 is 5.97 Å². The Morgan fingerprint density at radius 3 is 2.63 bits per heavy atom. The number of benzene rings is 1. The Balaban J connectivity index is 1.70. The van der Waals surface area contributed by atoms with Gasteiger partial charge in [0.1, 0.15) is 13.2 Å². The molecule has 0 amide bonds. The van der Waals surface area contributed by atoms with Crippen molar-refractivity contribution in [2.75, 3.05) is 25.2 Å². The van der Waals surface area contributed by atoms with E-state index in [9.17, 15) is 4.79 Å². The molecule has 5 heteroatoms. The number of fused-ring (bicyclic) bond motifs is 1. The molecule has 0 aromatic heterocycles. The van der Waals surface area contributed by atoms with Gasteiger partial charge in [-0.2, -0.15) is 0 Å². The van der Waals surface area contributed by atoms with E-state index >= 15 is 0 Å². The Kier molecular flexibility index (Phi) is 2.97. The van der Waals surface area contributed by atoms with Crippen LogP contribution in [0.5, 0.6) is 11.5 Å². The van der Waals surface area contributed by atoms with Gasteiger partial charge < -0.3 is 19.5 Å². The Labute approximate surface area is 111 Å². The number of hydrogen-bond donors (Lipinski definition) is 1. The molecule has 0 bridgehead atoms. The highest BCUT2D eigenvalue weighted by molar-refractivity contribution is 5.72. The van der Waals surface area contributed by atoms with Crippen LogP contribution in [0.15, 0.2) is 18.2 Å². The summed E-state index contributed by atoms with van der Waals surface area (Å²) in [5, 5.41) is 8.91. The van der Waals surface area contributed by atoms with Crippen LogP contribution in [-0.2, 0) is 4.79 Å². The molecule has 0 saturated heterocycles. The van der Waals surface area contributed by atoms with Gasteiger partial charge in [-0.3, -0.25) is 4.79 Å². The van der Waals surface area contributed by atoms with Crippen molar-refractivity contribution < 1.29 is 19.4 Å². The monoisotopic (exact) mass is 263 g/mol. The summed E-state index contributed by atoms with van der Waals surface area (Å²) < 4.78 is 11.0. The van der Waals surface area contributed by atoms with Gasteiger partial charge in [-0.15, -0.1) is 0 Å². The van der Waals surface area contributed by atoms with E-state index in [2.05, 4.69) is 4.90 Å². The van der Waals surface area contributed by atoms with E-state index < -0.39 is 5.97 Å². The van der Waals surface area contributed by atoms with Crippen LogP contribution in [0.1, 0.15) is 12.8 Å². The van der Waals surface area contributed by atoms with Crippen molar-refractivity contribution in [3.63, 3.8) is 0 Å². The molecular formula is C14H17NO4. The van der Waals surface area contributed by atoms with Crippen LogP contribution < -0.4 is 14.4 Å². The normalized spacial score (nSPS) is 24.5. The molecule has 1 aliphatic carbocycles. The third-order valence-electron chi connectivity index (χ3n) is 3.94. The zero-order valence-electron chi connectivity index (χ0n) is 10.8. The first-order valence-electron chi connectivity index (χ1n) is 6.50. The first kappa shape index (κ1) is 12.1. The average molecular weight is 263 g/mol. The molecule has 1 heterocycles. The molecular weight excluding hydrogens is 246 g/mol. The van der Waals surface area contributed by atoms with Crippen LogP contribution in [0.3, 0.4) is 0 Å². The lowest BCUT2D eigenvalue weighted by atomic mass is 9.79. The fraction of sp³-hybridized carbons (Fsp3) is 0.500. The lowest BCUT2D eigenvalue weighted by molar-refractivity contribution is -0.145. The van der Waals surface area contributed by atoms with Crippen LogP contribution >= 0.6 is 0 Å². The van der Waals surface area contributed by atoms with Crippen LogP contribution in [0.4, 0.5) is 5.69 Å². The van der Waals surface area contributed by atoms with Crippen molar-refractivity contribution in [1.82, 2.24) is 0 Å². The van der Waals surface area contributed by atoms with Crippen molar-refractivity contribution in [2.45, 2.75) is 18.9 Å². The first-order chi connectivity index (χ1) is 9.15. The topological polar surface area (TPSA) is 59.0 Å². The fourth-order valence-corrected chi connectivity index (χ4v) is 2.57. The van der Waals surface area contributed by atoms with Gasteiger partial charge in [0.15, 0.2) is 11.5 Å². The molecule has 19 heavy (non-hydrogen) atoms. The van der Waals surface area contributed by atoms with Gasteiger partial charge in [0, 0.05) is 24.8 Å². The van der Waals surface area contributed by atoms with Crippen LogP contribution in [0, 0.1) is 5.92 Å². The Morgan fingerprint density at radius 2 is 1.95 bits per heavy atom. The number of carbonyl (C=O) groups is 1. The summed E-state index contributed by atoms with van der Waals surface area (Å²) in [5.74, 6) is 0.668. The zero-order valence-corrected chi connectivity index (χ0v) is 10.8. The van der Waals surface area contributed by atoms with Crippen molar-refractivity contribution in [1.29, 1.82) is 0 Å². The summed E-state index contributed by atoms with van der Waals surface area (Å²) in [6.45, 7) is 1.16. The molecule has 1 N–H and O–H groups in total. The second-order valence-corrected chi connectivity index (χ2v) is 5.10. The third-order valence-corrected chi connectivity index (χ3v) is 3.94. The predicted molar refractivity (Wildman–Crippen MR) is 70.0 cm³/mol. The zero-order chi connectivity index (χ0) is 13.4. The summed E-state index contributed by atoms with van der Waals surface area (Å²) in [6, 6.07) is 6.15. The van der Waals surface area contributed by atoms with E-state index in [4.69, 9.17) is 14.6 Å². The fourth-order valence-electron chi connectivity index (χ4n) is 2.57. The van der Waals surface area contributed by atoms with Gasteiger partial charge in [0.2, 0.25) is 0 Å². The highest BCUT2D eigenvalue weighted by Crippen LogP contribution is 2.38. The van der Waals surface area contributed by atoms with E-state index in [0.717, 1.165) is 17.2 Å². The molecule has 5 nitrogen and oxygen atoms in total. The highest BCUT2D eigenvalue weighted by atomic mass is 16.6. The molecule has 1 fully saturated rings. The molecule has 1 aromatic carbocycles. The molecule has 0 atom stereocenters. The molecule has 3 rings (SSSR count). The molecule has 1 aliphatic heterocycles. The molecule has 2 aliphatic rings. The number of aliphatic carboxylic acids is 1. The van der Waals surface area contributed by atoms with Crippen LogP contribution in [-0.4, -0.2) is 37.4 Å². The number of anilines is 1. The van der Waals surface area contributed by atoms with Crippen molar-refractivity contribution in [3.8, 4) is 11.5 Å². The largest absolute Gasteiger partial charge is 0.486 e. The molecule has 1 aromatic rings. The molecule has 1 saturated carbocycles. The summed E-state index contributed by atoms with van der Waals surface area (Å²) >= 11 is 0. The molecule has 0 radical (unpaired) electrons. The average Bonchev–Trinajstić information content (AvgIpc) is 2.35. The second kappa shape index (κ2) is 4.64. The van der Waals surface area contributed by atoms with Gasteiger partial charge in [-0.25, -0.2) is 0 Å². The van der Waals surface area contributed by atoms with E-state index in [0.29, 0.717) is 32.1 Å². The lowest BCUT2D eigenvalue weighted by Gasteiger charge is -2.40. The van der Waals surface area contributed by atoms with Crippen LogP contribution in [0.2, 0.25) is 0 Å². The van der Waals surface area contributed by atoms with Gasteiger partial charge in [-0.1, -0.05) is 0 Å². The minimum Gasteiger partial charge on any atom is -0.486 e. The number of nitrogens with zero attached hydrogens (tertiary/aromatic N) is 1. The molecule has 0 spiro atoms. The number of rotatable bonds is 3.